The molecule has 1 heterocycles. The Kier molecular flexibility index (Phi) is 6.27. The molecule has 0 bridgehead atoms. The predicted molar refractivity (Wildman–Crippen MR) is 77.0 cm³/mol. The highest BCUT2D eigenvalue weighted by Crippen LogP contribution is 2.12. The molecular formula is C12H24N6O. The Morgan fingerprint density at radius 3 is 2.32 bits per heavy atom. The molecule has 0 unspecified atom stereocenters. The van der Waals surface area contributed by atoms with Crippen LogP contribution in [0.4, 0.5) is 11.9 Å². The first-order valence-electron chi connectivity index (χ1n) is 6.57. The molecule has 0 spiro atoms. The Morgan fingerprint density at radius 1 is 1.11 bits per heavy atom. The van der Waals surface area contributed by atoms with Gasteiger partial charge in [-0.2, -0.15) is 15.0 Å². The summed E-state index contributed by atoms with van der Waals surface area (Å²) >= 11 is 0. The summed E-state index contributed by atoms with van der Waals surface area (Å²) in [5.41, 5.74) is 0. The number of nitrogens with zero attached hydrogens (tertiary/aromatic N) is 5. The minimum atomic E-state index is 0.357. The van der Waals surface area contributed by atoms with Crippen LogP contribution in [0, 0.1) is 0 Å². The molecule has 1 aromatic rings. The van der Waals surface area contributed by atoms with E-state index in [1.807, 2.05) is 19.0 Å². The monoisotopic (exact) mass is 268 g/mol. The van der Waals surface area contributed by atoms with E-state index in [9.17, 15) is 0 Å². The van der Waals surface area contributed by atoms with E-state index in [0.29, 0.717) is 24.5 Å². The van der Waals surface area contributed by atoms with Crippen molar-refractivity contribution in [3.05, 3.63) is 0 Å². The molecule has 0 fully saturated rings. The van der Waals surface area contributed by atoms with Gasteiger partial charge in [-0.3, -0.25) is 0 Å². The van der Waals surface area contributed by atoms with Gasteiger partial charge in [0.2, 0.25) is 11.9 Å². The van der Waals surface area contributed by atoms with Crippen LogP contribution in [0.15, 0.2) is 0 Å². The molecule has 0 aliphatic heterocycles. The smallest absolute Gasteiger partial charge is 0.323 e. The number of rotatable bonds is 8. The van der Waals surface area contributed by atoms with Crippen LogP contribution in [0.5, 0.6) is 6.01 Å². The molecule has 1 N–H and O–H groups in total. The number of ether oxygens (including phenoxy) is 1. The molecule has 1 rings (SSSR count). The lowest BCUT2D eigenvalue weighted by atomic mass is 10.5. The van der Waals surface area contributed by atoms with Crippen LogP contribution in [0.25, 0.3) is 0 Å². The van der Waals surface area contributed by atoms with Gasteiger partial charge in [0.1, 0.15) is 6.61 Å². The maximum absolute atomic E-state index is 5.60. The lowest BCUT2D eigenvalue weighted by Gasteiger charge is -2.18. The summed E-state index contributed by atoms with van der Waals surface area (Å²) in [7, 11) is 5.54. The van der Waals surface area contributed by atoms with Crippen molar-refractivity contribution in [2.45, 2.75) is 13.8 Å². The molecule has 0 saturated carbocycles. The number of aromatic nitrogens is 3. The second-order valence-electron chi connectivity index (χ2n) is 4.26. The van der Waals surface area contributed by atoms with Crippen LogP contribution in [-0.4, -0.2) is 67.2 Å². The van der Waals surface area contributed by atoms with Gasteiger partial charge in [-0.25, -0.2) is 0 Å². The van der Waals surface area contributed by atoms with Crippen LogP contribution >= 0.6 is 0 Å². The van der Waals surface area contributed by atoms with E-state index in [1.54, 1.807) is 7.05 Å². The summed E-state index contributed by atoms with van der Waals surface area (Å²) in [5.74, 6) is 1.09. The lowest BCUT2D eigenvalue weighted by Crippen LogP contribution is -2.28. The van der Waals surface area contributed by atoms with Crippen molar-refractivity contribution < 1.29 is 4.74 Å². The van der Waals surface area contributed by atoms with Gasteiger partial charge >= 0.3 is 6.01 Å². The minimum absolute atomic E-state index is 0.357. The van der Waals surface area contributed by atoms with Gasteiger partial charge in [-0.1, -0.05) is 13.8 Å². The molecule has 0 radical (unpaired) electrons. The largest absolute Gasteiger partial charge is 0.462 e. The first-order chi connectivity index (χ1) is 9.10. The molecular weight excluding hydrogens is 244 g/mol. The number of nitrogens with one attached hydrogen (secondary N) is 1. The van der Waals surface area contributed by atoms with E-state index >= 15 is 0 Å². The van der Waals surface area contributed by atoms with Crippen LogP contribution in [0.3, 0.4) is 0 Å². The third-order valence-corrected chi connectivity index (χ3v) is 2.76. The topological polar surface area (TPSA) is 66.4 Å². The van der Waals surface area contributed by atoms with Gasteiger partial charge in [0, 0.05) is 27.7 Å². The quantitative estimate of drug-likeness (QED) is 0.744. The third kappa shape index (κ3) is 4.86. The van der Waals surface area contributed by atoms with E-state index in [4.69, 9.17) is 4.74 Å². The predicted octanol–water partition coefficient (Wildman–Crippen LogP) is 0.700. The van der Waals surface area contributed by atoms with E-state index in [2.05, 4.69) is 39.0 Å². The van der Waals surface area contributed by atoms with Gasteiger partial charge in [0.15, 0.2) is 0 Å². The lowest BCUT2D eigenvalue weighted by molar-refractivity contribution is 0.212. The summed E-state index contributed by atoms with van der Waals surface area (Å²) in [6.07, 6.45) is 0. The zero-order valence-corrected chi connectivity index (χ0v) is 12.5. The average molecular weight is 268 g/mol. The number of anilines is 2. The molecule has 0 aromatic carbocycles. The van der Waals surface area contributed by atoms with Gasteiger partial charge in [0.25, 0.3) is 0 Å². The van der Waals surface area contributed by atoms with E-state index in [0.717, 1.165) is 19.6 Å². The molecule has 1 aromatic heterocycles. The van der Waals surface area contributed by atoms with Gasteiger partial charge in [0.05, 0.1) is 0 Å². The molecule has 0 saturated heterocycles. The van der Waals surface area contributed by atoms with Crippen molar-refractivity contribution in [3.63, 3.8) is 0 Å². The van der Waals surface area contributed by atoms with Gasteiger partial charge in [-0.15, -0.1) is 0 Å². The van der Waals surface area contributed by atoms with Crippen molar-refractivity contribution in [2.75, 3.05) is 57.6 Å². The van der Waals surface area contributed by atoms with E-state index in [-0.39, 0.29) is 0 Å². The van der Waals surface area contributed by atoms with Gasteiger partial charge in [-0.05, 0) is 13.1 Å². The summed E-state index contributed by atoms with van der Waals surface area (Å²) < 4.78 is 5.60. The standard InChI is InChI=1S/C12H24N6O/c1-6-18(7-2)8-9-19-12-15-10(13-3)14-11(16-12)17(4)5/h6-9H2,1-5H3,(H,13,14,15,16). The van der Waals surface area contributed by atoms with Crippen LogP contribution in [0.1, 0.15) is 13.8 Å². The van der Waals surface area contributed by atoms with Crippen molar-refractivity contribution >= 4 is 11.9 Å². The fraction of sp³-hybridized carbons (Fsp3) is 0.750. The maximum atomic E-state index is 5.60. The Labute approximate surface area is 115 Å². The highest BCUT2D eigenvalue weighted by atomic mass is 16.5. The van der Waals surface area contributed by atoms with Crippen molar-refractivity contribution in [1.29, 1.82) is 0 Å². The van der Waals surface area contributed by atoms with Gasteiger partial charge < -0.3 is 19.9 Å². The molecule has 0 aliphatic rings. The third-order valence-electron chi connectivity index (χ3n) is 2.76. The molecule has 0 amide bonds. The first-order valence-corrected chi connectivity index (χ1v) is 6.57. The average Bonchev–Trinajstić information content (AvgIpc) is 2.43. The van der Waals surface area contributed by atoms with Crippen LogP contribution < -0.4 is 15.0 Å². The second kappa shape index (κ2) is 7.73. The highest BCUT2D eigenvalue weighted by Gasteiger charge is 2.08. The SMILES string of the molecule is CCN(CC)CCOc1nc(NC)nc(N(C)C)n1. The summed E-state index contributed by atoms with van der Waals surface area (Å²) in [5, 5.41) is 2.90. The van der Waals surface area contributed by atoms with E-state index < -0.39 is 0 Å². The zero-order valence-electron chi connectivity index (χ0n) is 12.5. The zero-order chi connectivity index (χ0) is 14.3. The van der Waals surface area contributed by atoms with Crippen LogP contribution in [0.2, 0.25) is 0 Å². The Bertz CT molecular complexity index is 380. The highest BCUT2D eigenvalue weighted by molar-refractivity contribution is 5.36. The maximum Gasteiger partial charge on any atom is 0.323 e. The number of hydrogen-bond acceptors (Lipinski definition) is 7. The molecule has 19 heavy (non-hydrogen) atoms. The fourth-order valence-electron chi connectivity index (χ4n) is 1.53. The normalized spacial score (nSPS) is 10.6. The molecule has 108 valence electrons. The Morgan fingerprint density at radius 2 is 1.79 bits per heavy atom. The summed E-state index contributed by atoms with van der Waals surface area (Å²) in [6.45, 7) is 7.74. The van der Waals surface area contributed by atoms with Crippen LogP contribution in [-0.2, 0) is 0 Å². The molecule has 7 heteroatoms. The van der Waals surface area contributed by atoms with Crippen molar-refractivity contribution in [2.24, 2.45) is 0 Å². The van der Waals surface area contributed by atoms with E-state index in [1.165, 1.54) is 0 Å². The second-order valence-corrected chi connectivity index (χ2v) is 4.26. The number of hydrogen-bond donors (Lipinski definition) is 1. The minimum Gasteiger partial charge on any atom is -0.462 e. The first kappa shape index (κ1) is 15.4. The Balaban J connectivity index is 2.64. The molecule has 0 aliphatic carbocycles. The van der Waals surface area contributed by atoms with Crippen molar-refractivity contribution in [1.82, 2.24) is 19.9 Å². The summed E-state index contributed by atoms with van der Waals surface area (Å²) in [6, 6.07) is 0.357. The molecule has 0 atom stereocenters. The number of likely N-dealkylation sites (N-methyl/N-ethyl adjacent to an activating group) is 1. The van der Waals surface area contributed by atoms with Crippen molar-refractivity contribution in [3.8, 4) is 6.01 Å². The summed E-state index contributed by atoms with van der Waals surface area (Å²) in [4.78, 5) is 16.8. The Hall–Kier alpha value is -1.63. The molecule has 7 nitrogen and oxygen atoms in total. The fourth-order valence-corrected chi connectivity index (χ4v) is 1.53.